The third kappa shape index (κ3) is 3.92. The SMILES string of the molecule is CCOC(=O)C(C(=O)C(C)=O)=P(c1ccccc1)(c1ccccc1)c1ccccc1. The van der Waals surface area contributed by atoms with Gasteiger partial charge in [0.25, 0.3) is 0 Å². The van der Waals surface area contributed by atoms with Crippen LogP contribution in [0.4, 0.5) is 0 Å². The predicted molar refractivity (Wildman–Crippen MR) is 122 cm³/mol. The Kier molecular flexibility index (Phi) is 6.81. The Labute approximate surface area is 176 Å². The van der Waals surface area contributed by atoms with Crippen molar-refractivity contribution < 1.29 is 19.1 Å². The van der Waals surface area contributed by atoms with E-state index in [4.69, 9.17) is 4.74 Å². The first kappa shape index (κ1) is 21.5. The van der Waals surface area contributed by atoms with Gasteiger partial charge < -0.3 is 4.74 Å². The standard InChI is InChI=1S/C25H23O4P/c1-3-29-25(28)24(23(27)19(2)26)30(20-13-7-4-8-14-20,21-15-9-5-10-16-21)22-17-11-6-12-18-22/h4-18H,3H2,1-2H3. The number of rotatable bonds is 7. The van der Waals surface area contributed by atoms with Gasteiger partial charge in [0.05, 0.1) is 6.61 Å². The zero-order valence-electron chi connectivity index (χ0n) is 16.9. The summed E-state index contributed by atoms with van der Waals surface area (Å²) in [6.45, 7) is -0.0108. The molecule has 0 N–H and O–H groups in total. The van der Waals surface area contributed by atoms with Gasteiger partial charge in [-0.15, -0.1) is 0 Å². The number of Topliss-reactive ketones (excluding diaryl/α,β-unsaturated/α-hetero) is 2. The van der Waals surface area contributed by atoms with E-state index in [9.17, 15) is 14.4 Å². The van der Waals surface area contributed by atoms with Crippen molar-refractivity contribution >= 4 is 45.6 Å². The molecule has 0 heterocycles. The number of carbonyl (C=O) groups excluding carboxylic acids is 3. The van der Waals surface area contributed by atoms with Gasteiger partial charge in [-0.25, -0.2) is 4.79 Å². The topological polar surface area (TPSA) is 60.4 Å². The van der Waals surface area contributed by atoms with E-state index in [1.807, 2.05) is 91.0 Å². The van der Waals surface area contributed by atoms with Gasteiger partial charge in [0.15, 0.2) is 0 Å². The van der Waals surface area contributed by atoms with Crippen LogP contribution in [0.25, 0.3) is 0 Å². The van der Waals surface area contributed by atoms with Gasteiger partial charge >= 0.3 is 5.97 Å². The summed E-state index contributed by atoms with van der Waals surface area (Å²) in [5.74, 6) is -2.24. The molecule has 0 radical (unpaired) electrons. The van der Waals surface area contributed by atoms with Gasteiger partial charge in [0.2, 0.25) is 11.6 Å². The molecule has 0 spiro atoms. The molecular weight excluding hydrogens is 395 g/mol. The van der Waals surface area contributed by atoms with Crippen molar-refractivity contribution in [3.63, 3.8) is 0 Å². The highest BCUT2D eigenvalue weighted by Gasteiger charge is 2.38. The van der Waals surface area contributed by atoms with Crippen molar-refractivity contribution in [1.29, 1.82) is 0 Å². The van der Waals surface area contributed by atoms with E-state index in [0.717, 1.165) is 15.9 Å². The third-order valence-corrected chi connectivity index (χ3v) is 9.04. The normalized spacial score (nSPS) is 10.9. The number of hydrogen-bond donors (Lipinski definition) is 0. The van der Waals surface area contributed by atoms with Crippen molar-refractivity contribution in [3.05, 3.63) is 91.0 Å². The molecule has 0 saturated heterocycles. The molecule has 0 aliphatic rings. The Morgan fingerprint density at radius 2 is 1.07 bits per heavy atom. The molecule has 3 aromatic rings. The Bertz CT molecular complexity index is 1000. The quantitative estimate of drug-likeness (QED) is 0.256. The Morgan fingerprint density at radius 1 is 0.700 bits per heavy atom. The highest BCUT2D eigenvalue weighted by atomic mass is 31.2. The average Bonchev–Trinajstić information content (AvgIpc) is 2.79. The highest BCUT2D eigenvalue weighted by Crippen LogP contribution is 2.46. The zero-order valence-corrected chi connectivity index (χ0v) is 17.8. The van der Waals surface area contributed by atoms with E-state index in [-0.39, 0.29) is 11.9 Å². The second-order valence-electron chi connectivity index (χ2n) is 6.63. The summed E-state index contributed by atoms with van der Waals surface area (Å²) in [5, 5.41) is 2.32. The molecule has 0 bridgehead atoms. The van der Waals surface area contributed by atoms with Gasteiger partial charge in [0.1, 0.15) is 5.29 Å². The molecule has 152 valence electrons. The molecule has 0 aliphatic heterocycles. The van der Waals surface area contributed by atoms with E-state index in [1.165, 1.54) is 6.92 Å². The van der Waals surface area contributed by atoms with Gasteiger partial charge in [-0.1, -0.05) is 91.0 Å². The van der Waals surface area contributed by atoms with Gasteiger partial charge in [-0.3, -0.25) is 9.59 Å². The van der Waals surface area contributed by atoms with Crippen LogP contribution < -0.4 is 15.9 Å². The van der Waals surface area contributed by atoms with Crippen molar-refractivity contribution in [2.45, 2.75) is 13.8 Å². The molecule has 0 fully saturated rings. The molecule has 4 nitrogen and oxygen atoms in total. The summed E-state index contributed by atoms with van der Waals surface area (Å²) < 4.78 is 5.32. The molecule has 0 atom stereocenters. The van der Waals surface area contributed by atoms with Crippen LogP contribution in [-0.4, -0.2) is 29.4 Å². The van der Waals surface area contributed by atoms with Crippen LogP contribution in [0.5, 0.6) is 0 Å². The van der Waals surface area contributed by atoms with Crippen LogP contribution in [0, 0.1) is 0 Å². The molecule has 3 rings (SSSR count). The van der Waals surface area contributed by atoms with Crippen LogP contribution in [0.15, 0.2) is 91.0 Å². The summed E-state index contributed by atoms with van der Waals surface area (Å²) in [6.07, 6.45) is 0. The Balaban J connectivity index is 2.65. The first-order valence-electron chi connectivity index (χ1n) is 9.69. The number of carbonyl (C=O) groups is 3. The molecular formula is C25H23O4P. The Hall–Kier alpha value is -3.23. The van der Waals surface area contributed by atoms with Gasteiger partial charge in [-0.2, -0.15) is 0 Å². The first-order chi connectivity index (χ1) is 14.5. The van der Waals surface area contributed by atoms with Crippen molar-refractivity contribution in [2.24, 2.45) is 0 Å². The fourth-order valence-electron chi connectivity index (χ4n) is 3.54. The molecule has 5 heteroatoms. The van der Waals surface area contributed by atoms with Crippen LogP contribution in [0.2, 0.25) is 0 Å². The minimum absolute atomic E-state index is 0.0968. The van der Waals surface area contributed by atoms with Crippen molar-refractivity contribution in [3.8, 4) is 0 Å². The minimum atomic E-state index is -2.99. The lowest BCUT2D eigenvalue weighted by Crippen LogP contribution is -2.40. The van der Waals surface area contributed by atoms with E-state index in [0.29, 0.717) is 0 Å². The van der Waals surface area contributed by atoms with Gasteiger partial charge in [-0.05, 0) is 29.7 Å². The summed E-state index contributed by atoms with van der Waals surface area (Å²) in [5.41, 5.74) is 0. The Morgan fingerprint density at radius 3 is 1.37 bits per heavy atom. The monoisotopic (exact) mass is 418 g/mol. The van der Waals surface area contributed by atoms with Gasteiger partial charge in [0, 0.05) is 6.92 Å². The van der Waals surface area contributed by atoms with Crippen LogP contribution >= 0.6 is 6.89 Å². The molecule has 0 amide bonds. The largest absolute Gasteiger partial charge is 0.462 e. The van der Waals surface area contributed by atoms with Crippen molar-refractivity contribution in [1.82, 2.24) is 0 Å². The summed E-state index contributed by atoms with van der Waals surface area (Å²) in [4.78, 5) is 38.8. The number of hydrogen-bond acceptors (Lipinski definition) is 4. The lowest BCUT2D eigenvalue weighted by molar-refractivity contribution is -0.137. The van der Waals surface area contributed by atoms with Crippen LogP contribution in [0.1, 0.15) is 13.8 Å². The molecule has 0 aliphatic carbocycles. The van der Waals surface area contributed by atoms with Crippen molar-refractivity contribution in [2.75, 3.05) is 6.61 Å². The summed E-state index contributed by atoms with van der Waals surface area (Å²) in [7, 11) is 0. The fraction of sp³-hybridized carbons (Fsp3) is 0.120. The summed E-state index contributed by atoms with van der Waals surface area (Å²) >= 11 is 0. The van der Waals surface area contributed by atoms with E-state index < -0.39 is 24.4 Å². The number of benzene rings is 3. The zero-order chi connectivity index (χ0) is 21.6. The maximum Gasteiger partial charge on any atom is 0.343 e. The van der Waals surface area contributed by atoms with E-state index in [2.05, 4.69) is 0 Å². The second-order valence-corrected chi connectivity index (χ2v) is 9.97. The highest BCUT2D eigenvalue weighted by molar-refractivity contribution is 7.98. The fourth-order valence-corrected chi connectivity index (χ4v) is 7.87. The molecule has 3 aromatic carbocycles. The maximum absolute atomic E-state index is 13.3. The predicted octanol–water partition coefficient (Wildman–Crippen LogP) is 2.87. The average molecular weight is 418 g/mol. The van der Waals surface area contributed by atoms with E-state index in [1.54, 1.807) is 6.92 Å². The second kappa shape index (κ2) is 9.51. The maximum atomic E-state index is 13.3. The molecule has 0 unspecified atom stereocenters. The third-order valence-electron chi connectivity index (χ3n) is 4.77. The smallest absolute Gasteiger partial charge is 0.343 e. The van der Waals surface area contributed by atoms with E-state index >= 15 is 0 Å². The lowest BCUT2D eigenvalue weighted by atomic mass is 10.2. The first-order valence-corrected chi connectivity index (χ1v) is 11.5. The lowest BCUT2D eigenvalue weighted by Gasteiger charge is -2.31. The van der Waals surface area contributed by atoms with Crippen LogP contribution in [0.3, 0.4) is 0 Å². The molecule has 30 heavy (non-hydrogen) atoms. The minimum Gasteiger partial charge on any atom is -0.462 e. The molecule has 0 saturated carbocycles. The molecule has 0 aromatic heterocycles. The number of esters is 1. The summed E-state index contributed by atoms with van der Waals surface area (Å²) in [6, 6.07) is 28.3. The number of ketones is 2. The van der Waals surface area contributed by atoms with Crippen LogP contribution in [-0.2, 0) is 19.1 Å². The number of ether oxygens (including phenoxy) is 1.